The summed E-state index contributed by atoms with van der Waals surface area (Å²) < 4.78 is 0. The molecule has 0 spiro atoms. The van der Waals surface area contributed by atoms with Crippen LogP contribution in [0, 0.1) is 0 Å². The zero-order valence-electron chi connectivity index (χ0n) is 11.5. The van der Waals surface area contributed by atoms with E-state index in [1.165, 1.54) is 0 Å². The molecule has 21 heavy (non-hydrogen) atoms. The van der Waals surface area contributed by atoms with E-state index in [1.54, 1.807) is 18.2 Å². The van der Waals surface area contributed by atoms with Crippen LogP contribution in [-0.2, 0) is 6.42 Å². The molecular weight excluding hydrogens is 288 g/mol. The van der Waals surface area contributed by atoms with Crippen LogP contribution >= 0.6 is 11.6 Å². The Morgan fingerprint density at radius 3 is 2.43 bits per heavy atom. The van der Waals surface area contributed by atoms with E-state index in [0.717, 1.165) is 42.4 Å². The van der Waals surface area contributed by atoms with E-state index in [-0.39, 0.29) is 28.2 Å². The quantitative estimate of drug-likeness (QED) is 0.543. The molecule has 0 aliphatic heterocycles. The van der Waals surface area contributed by atoms with Crippen molar-refractivity contribution in [2.45, 2.75) is 31.6 Å². The minimum atomic E-state index is -0.234. The number of hydrogen-bond donors (Lipinski definition) is 3. The van der Waals surface area contributed by atoms with Crippen LogP contribution < -0.4 is 0 Å². The van der Waals surface area contributed by atoms with E-state index in [2.05, 4.69) is 0 Å². The number of rotatable bonds is 1. The zero-order chi connectivity index (χ0) is 15.0. The highest BCUT2D eigenvalue weighted by Crippen LogP contribution is 2.45. The first kappa shape index (κ1) is 14.1. The number of aromatic hydroxyl groups is 3. The molecule has 1 unspecified atom stereocenters. The molecule has 3 N–H and O–H groups in total. The van der Waals surface area contributed by atoms with Crippen LogP contribution in [0.5, 0.6) is 17.2 Å². The van der Waals surface area contributed by atoms with Crippen LogP contribution in [0.15, 0.2) is 30.3 Å². The molecule has 0 saturated carbocycles. The van der Waals surface area contributed by atoms with Crippen molar-refractivity contribution in [3.05, 3.63) is 52.0 Å². The average Bonchev–Trinajstić information content (AvgIpc) is 2.68. The topological polar surface area (TPSA) is 60.7 Å². The zero-order valence-corrected chi connectivity index (χ0v) is 12.3. The Labute approximate surface area is 128 Å². The second-order valence-electron chi connectivity index (χ2n) is 5.52. The van der Waals surface area contributed by atoms with Gasteiger partial charge in [-0.25, -0.2) is 0 Å². The van der Waals surface area contributed by atoms with E-state index < -0.39 is 0 Å². The minimum Gasteiger partial charge on any atom is -0.508 e. The van der Waals surface area contributed by atoms with Crippen molar-refractivity contribution in [3.63, 3.8) is 0 Å². The summed E-state index contributed by atoms with van der Waals surface area (Å²) in [4.78, 5) is 0. The average molecular weight is 305 g/mol. The van der Waals surface area contributed by atoms with Crippen LogP contribution in [0.25, 0.3) is 0 Å². The summed E-state index contributed by atoms with van der Waals surface area (Å²) in [5.41, 5.74) is 2.97. The highest BCUT2D eigenvalue weighted by Gasteiger charge is 2.25. The first-order chi connectivity index (χ1) is 10.1. The maximum atomic E-state index is 9.88. The molecule has 0 amide bonds. The summed E-state index contributed by atoms with van der Waals surface area (Å²) >= 11 is 6.22. The van der Waals surface area contributed by atoms with Crippen LogP contribution in [-0.4, -0.2) is 15.3 Å². The molecule has 0 radical (unpaired) electrons. The molecule has 0 saturated heterocycles. The van der Waals surface area contributed by atoms with Crippen molar-refractivity contribution in [3.8, 4) is 17.2 Å². The van der Waals surface area contributed by atoms with Crippen LogP contribution in [0.1, 0.15) is 41.9 Å². The minimum absolute atomic E-state index is 0.118. The monoisotopic (exact) mass is 304 g/mol. The fraction of sp³-hybridized carbons (Fsp3) is 0.294. The summed E-state index contributed by atoms with van der Waals surface area (Å²) in [5, 5.41) is 29.4. The molecule has 3 nitrogen and oxygen atoms in total. The maximum Gasteiger partial charge on any atom is 0.176 e. The molecule has 0 bridgehead atoms. The predicted octanol–water partition coefficient (Wildman–Crippen LogP) is 4.32. The van der Waals surface area contributed by atoms with Gasteiger partial charge in [0.2, 0.25) is 0 Å². The largest absolute Gasteiger partial charge is 0.508 e. The molecule has 0 fully saturated rings. The third-order valence-corrected chi connectivity index (χ3v) is 4.60. The van der Waals surface area contributed by atoms with Gasteiger partial charge in [-0.1, -0.05) is 30.2 Å². The van der Waals surface area contributed by atoms with Gasteiger partial charge < -0.3 is 15.3 Å². The molecule has 110 valence electrons. The number of phenolic OH excluding ortho intramolecular Hbond substituents is 3. The fourth-order valence-corrected chi connectivity index (χ4v) is 3.41. The molecule has 0 heterocycles. The van der Waals surface area contributed by atoms with Gasteiger partial charge in [0, 0.05) is 5.92 Å². The Morgan fingerprint density at radius 2 is 1.71 bits per heavy atom. The molecule has 3 rings (SSSR count). The molecule has 0 aromatic heterocycles. The SMILES string of the molecule is Oc1ccc(C2CCCCc3c2cc(O)c(O)c3Cl)cc1. The molecule has 1 aliphatic rings. The van der Waals surface area contributed by atoms with E-state index in [4.69, 9.17) is 11.6 Å². The van der Waals surface area contributed by atoms with Crippen molar-refractivity contribution in [1.29, 1.82) is 0 Å². The third-order valence-electron chi connectivity index (χ3n) is 4.20. The van der Waals surface area contributed by atoms with Crippen molar-refractivity contribution in [2.24, 2.45) is 0 Å². The standard InChI is InChI=1S/C17H17ClO3/c18-16-13-4-2-1-3-12(10-5-7-11(19)8-6-10)14(13)9-15(20)17(16)21/h5-9,12,19-21H,1-4H2. The van der Waals surface area contributed by atoms with Crippen LogP contribution in [0.4, 0.5) is 0 Å². The number of hydrogen-bond acceptors (Lipinski definition) is 3. The van der Waals surface area contributed by atoms with E-state index in [1.807, 2.05) is 12.1 Å². The lowest BCUT2D eigenvalue weighted by atomic mass is 9.86. The smallest absolute Gasteiger partial charge is 0.176 e. The van der Waals surface area contributed by atoms with E-state index >= 15 is 0 Å². The Balaban J connectivity index is 2.14. The second-order valence-corrected chi connectivity index (χ2v) is 5.89. The highest BCUT2D eigenvalue weighted by molar-refractivity contribution is 6.33. The number of halogens is 1. The van der Waals surface area contributed by atoms with Crippen LogP contribution in [0.3, 0.4) is 0 Å². The lowest BCUT2D eigenvalue weighted by Crippen LogP contribution is -2.03. The molecule has 2 aromatic carbocycles. The van der Waals surface area contributed by atoms with Gasteiger partial charge >= 0.3 is 0 Å². The predicted molar refractivity (Wildman–Crippen MR) is 82.3 cm³/mol. The first-order valence-electron chi connectivity index (χ1n) is 7.10. The first-order valence-corrected chi connectivity index (χ1v) is 7.48. The summed E-state index contributed by atoms with van der Waals surface area (Å²) in [5.74, 6) is -0.0579. The molecular formula is C17H17ClO3. The van der Waals surface area contributed by atoms with Gasteiger partial charge in [0.25, 0.3) is 0 Å². The van der Waals surface area contributed by atoms with Gasteiger partial charge in [-0.2, -0.15) is 0 Å². The van der Waals surface area contributed by atoms with Crippen molar-refractivity contribution >= 4 is 11.6 Å². The number of fused-ring (bicyclic) bond motifs is 1. The van der Waals surface area contributed by atoms with Gasteiger partial charge in [0.05, 0.1) is 5.02 Å². The van der Waals surface area contributed by atoms with Crippen molar-refractivity contribution in [2.75, 3.05) is 0 Å². The number of phenols is 3. The van der Waals surface area contributed by atoms with Gasteiger partial charge in [0.15, 0.2) is 11.5 Å². The molecule has 1 aliphatic carbocycles. The summed E-state index contributed by atoms with van der Waals surface area (Å²) in [6.45, 7) is 0. The van der Waals surface area contributed by atoms with Gasteiger partial charge in [0.1, 0.15) is 5.75 Å². The lowest BCUT2D eigenvalue weighted by molar-refractivity contribution is 0.402. The Bertz CT molecular complexity index is 665. The van der Waals surface area contributed by atoms with Gasteiger partial charge in [-0.3, -0.25) is 0 Å². The van der Waals surface area contributed by atoms with Crippen molar-refractivity contribution < 1.29 is 15.3 Å². The highest BCUT2D eigenvalue weighted by atomic mass is 35.5. The molecule has 2 aromatic rings. The van der Waals surface area contributed by atoms with Gasteiger partial charge in [-0.05, 0) is 54.2 Å². The number of benzene rings is 2. The van der Waals surface area contributed by atoms with E-state index in [0.29, 0.717) is 0 Å². The Morgan fingerprint density at radius 1 is 1.00 bits per heavy atom. The Hall–Kier alpha value is -1.87. The van der Waals surface area contributed by atoms with Crippen molar-refractivity contribution in [1.82, 2.24) is 0 Å². The Kier molecular flexibility index (Phi) is 3.68. The summed E-state index contributed by atoms with van der Waals surface area (Å²) in [6.07, 6.45) is 3.82. The molecule has 1 atom stereocenters. The second kappa shape index (κ2) is 5.49. The summed E-state index contributed by atoms with van der Waals surface area (Å²) in [7, 11) is 0. The third kappa shape index (κ3) is 2.54. The normalized spacial score (nSPS) is 18.0. The van der Waals surface area contributed by atoms with Gasteiger partial charge in [-0.15, -0.1) is 0 Å². The lowest BCUT2D eigenvalue weighted by Gasteiger charge is -2.20. The van der Waals surface area contributed by atoms with Crippen LogP contribution in [0.2, 0.25) is 5.02 Å². The fourth-order valence-electron chi connectivity index (χ4n) is 3.11. The summed E-state index contributed by atoms with van der Waals surface area (Å²) in [6, 6.07) is 8.75. The maximum absolute atomic E-state index is 9.88. The molecule has 4 heteroatoms. The van der Waals surface area contributed by atoms with E-state index in [9.17, 15) is 15.3 Å².